The van der Waals surface area contributed by atoms with Crippen LogP contribution in [0.1, 0.15) is 18.1 Å². The van der Waals surface area contributed by atoms with E-state index in [9.17, 15) is 9.59 Å². The van der Waals surface area contributed by atoms with Gasteiger partial charge in [-0.3, -0.25) is 10.1 Å². The van der Waals surface area contributed by atoms with Crippen molar-refractivity contribution in [2.75, 3.05) is 38.0 Å². The van der Waals surface area contributed by atoms with Gasteiger partial charge >= 0.3 is 12.1 Å². The van der Waals surface area contributed by atoms with E-state index in [0.717, 1.165) is 0 Å². The number of thiol groups is 1. The quantitative estimate of drug-likeness (QED) is 0.338. The Balaban J connectivity index is 2.18. The van der Waals surface area contributed by atoms with Crippen molar-refractivity contribution in [1.29, 1.82) is 0 Å². The van der Waals surface area contributed by atoms with E-state index in [4.69, 9.17) is 24.1 Å². The minimum absolute atomic E-state index is 0.0265. The van der Waals surface area contributed by atoms with E-state index in [1.807, 2.05) is 6.07 Å². The third-order valence-corrected chi connectivity index (χ3v) is 4.49. The van der Waals surface area contributed by atoms with Crippen molar-refractivity contribution < 1.29 is 33.6 Å². The number of ether oxygens (including phenoxy) is 4. The number of benzene rings is 2. The van der Waals surface area contributed by atoms with Crippen molar-refractivity contribution in [3.63, 3.8) is 0 Å². The van der Waals surface area contributed by atoms with Crippen LogP contribution in [0.4, 0.5) is 10.5 Å². The number of amides is 1. The fourth-order valence-electron chi connectivity index (χ4n) is 2.81. The van der Waals surface area contributed by atoms with Gasteiger partial charge in [0.2, 0.25) is 0 Å². The maximum atomic E-state index is 12.6. The summed E-state index contributed by atoms with van der Waals surface area (Å²) in [6.07, 6.45) is -1.77. The van der Waals surface area contributed by atoms with Gasteiger partial charge in [0.25, 0.3) is 0 Å². The van der Waals surface area contributed by atoms with E-state index in [2.05, 4.69) is 17.9 Å². The average Bonchev–Trinajstić information content (AvgIpc) is 2.80. The van der Waals surface area contributed by atoms with Gasteiger partial charge in [0.05, 0.1) is 19.0 Å². The van der Waals surface area contributed by atoms with E-state index in [0.29, 0.717) is 23.4 Å². The average molecular weight is 450 g/mol. The summed E-state index contributed by atoms with van der Waals surface area (Å²) < 4.78 is 21.8. The van der Waals surface area contributed by atoms with Gasteiger partial charge in [0, 0.05) is 19.2 Å². The fourth-order valence-corrected chi connectivity index (χ4v) is 2.91. The molecule has 0 aromatic heterocycles. The molecule has 0 saturated carbocycles. The van der Waals surface area contributed by atoms with Gasteiger partial charge in [-0.2, -0.15) is 12.6 Å². The molecule has 0 unspecified atom stereocenters. The summed E-state index contributed by atoms with van der Waals surface area (Å²) >= 11 is 3.88. The lowest BCUT2D eigenvalue weighted by atomic mass is 10.0. The number of esters is 1. The predicted molar refractivity (Wildman–Crippen MR) is 119 cm³/mol. The third-order valence-electron chi connectivity index (χ3n) is 4.24. The van der Waals surface area contributed by atoms with Gasteiger partial charge in [0.15, 0.2) is 6.10 Å². The molecule has 2 atom stereocenters. The smallest absolute Gasteiger partial charge is 0.412 e. The molecule has 2 aromatic carbocycles. The van der Waals surface area contributed by atoms with E-state index < -0.39 is 24.3 Å². The monoisotopic (exact) mass is 449 g/mol. The molecule has 31 heavy (non-hydrogen) atoms. The van der Waals surface area contributed by atoms with E-state index in [-0.39, 0.29) is 25.6 Å². The summed E-state index contributed by atoms with van der Waals surface area (Å²) in [6, 6.07) is 15.9. The van der Waals surface area contributed by atoms with Crippen LogP contribution in [-0.4, -0.2) is 56.0 Å². The molecule has 1 amide bonds. The van der Waals surface area contributed by atoms with Crippen LogP contribution >= 0.6 is 12.6 Å². The highest BCUT2D eigenvalue weighted by Gasteiger charge is 2.28. The minimum Gasteiger partial charge on any atom is -0.491 e. The second-order valence-corrected chi connectivity index (χ2v) is 6.72. The van der Waals surface area contributed by atoms with Gasteiger partial charge in [-0.1, -0.05) is 30.3 Å². The Morgan fingerprint density at radius 1 is 1.10 bits per heavy atom. The van der Waals surface area contributed by atoms with Gasteiger partial charge < -0.3 is 24.1 Å². The van der Waals surface area contributed by atoms with Crippen LogP contribution in [-0.2, 0) is 19.0 Å². The van der Waals surface area contributed by atoms with Crippen molar-refractivity contribution in [2.45, 2.75) is 18.6 Å². The third kappa shape index (κ3) is 8.49. The molecule has 9 heteroatoms. The molecule has 8 nitrogen and oxygen atoms in total. The number of carbonyl (C=O) groups is 2. The van der Waals surface area contributed by atoms with Crippen molar-refractivity contribution >= 4 is 30.4 Å². The van der Waals surface area contributed by atoms with Crippen molar-refractivity contribution in [1.82, 2.24) is 0 Å². The number of aliphatic hydroxyl groups is 1. The molecule has 2 rings (SSSR count). The Hall–Kier alpha value is -2.75. The van der Waals surface area contributed by atoms with Crippen LogP contribution in [0.3, 0.4) is 0 Å². The largest absolute Gasteiger partial charge is 0.491 e. The molecule has 0 bridgehead atoms. The highest BCUT2D eigenvalue weighted by atomic mass is 32.1. The summed E-state index contributed by atoms with van der Waals surface area (Å²) in [7, 11) is 1.49. The Bertz CT molecular complexity index is 819. The van der Waals surface area contributed by atoms with Crippen LogP contribution in [0.2, 0.25) is 0 Å². The highest BCUT2D eigenvalue weighted by Crippen LogP contribution is 2.29. The second kappa shape index (κ2) is 13.5. The Kier molecular flexibility index (Phi) is 10.7. The number of methoxy groups -OCH3 is 1. The molecular weight excluding hydrogens is 422 g/mol. The molecule has 0 aliphatic rings. The predicted octanol–water partition coefficient (Wildman–Crippen LogP) is 3.23. The minimum atomic E-state index is -0.805. The topological polar surface area (TPSA) is 103 Å². The molecular formula is C22H27NO7S. The van der Waals surface area contributed by atoms with Crippen LogP contribution < -0.4 is 10.1 Å². The molecule has 0 fully saturated rings. The molecule has 0 spiro atoms. The molecule has 0 heterocycles. The fraction of sp³-hybridized carbons (Fsp3) is 0.364. The number of aliphatic hydroxyl groups excluding tert-OH is 1. The Morgan fingerprint density at radius 2 is 1.87 bits per heavy atom. The van der Waals surface area contributed by atoms with Gasteiger partial charge in [0.1, 0.15) is 18.5 Å². The molecule has 2 aromatic rings. The van der Waals surface area contributed by atoms with Crippen LogP contribution in [0.25, 0.3) is 0 Å². The standard InChI is InChI=1S/C22H27NO7S/c1-27-19(10-12-29-20(25)15-31)21(16-6-5-9-18(14-16)28-13-11-24)30-22(26)23-17-7-3-2-4-8-17/h2-9,14,19,21,24,31H,10-13,15H2,1H3,(H,23,26)/t19-,21-/m0/s1. The SMILES string of the molecule is CO[C@@H](CCOC(=O)CS)[C@@H](OC(=O)Nc1ccccc1)c1cccc(OCCO)c1. The maximum Gasteiger partial charge on any atom is 0.412 e. The summed E-state index contributed by atoms with van der Waals surface area (Å²) in [5.74, 6) is 0.0400. The van der Waals surface area contributed by atoms with E-state index >= 15 is 0 Å². The molecule has 168 valence electrons. The second-order valence-electron chi connectivity index (χ2n) is 6.40. The molecule has 0 saturated heterocycles. The lowest BCUT2D eigenvalue weighted by Gasteiger charge is -2.27. The normalized spacial score (nSPS) is 12.5. The Morgan fingerprint density at radius 3 is 2.55 bits per heavy atom. The number of anilines is 1. The summed E-state index contributed by atoms with van der Waals surface area (Å²) in [4.78, 5) is 23.9. The first-order valence-electron chi connectivity index (χ1n) is 9.73. The van der Waals surface area contributed by atoms with Gasteiger partial charge in [-0.25, -0.2) is 4.79 Å². The maximum absolute atomic E-state index is 12.6. The Labute approximate surface area is 186 Å². The van der Waals surface area contributed by atoms with Gasteiger partial charge in [-0.15, -0.1) is 0 Å². The van der Waals surface area contributed by atoms with Gasteiger partial charge in [-0.05, 0) is 29.8 Å². The zero-order valence-electron chi connectivity index (χ0n) is 17.2. The molecule has 0 aliphatic heterocycles. The zero-order valence-corrected chi connectivity index (χ0v) is 18.1. The lowest BCUT2D eigenvalue weighted by molar-refractivity contribution is -0.141. The first-order valence-corrected chi connectivity index (χ1v) is 10.4. The summed E-state index contributed by atoms with van der Waals surface area (Å²) in [6.45, 7) is 0.0937. The van der Waals surface area contributed by atoms with Crippen LogP contribution in [0.15, 0.2) is 54.6 Å². The van der Waals surface area contributed by atoms with Crippen LogP contribution in [0.5, 0.6) is 5.75 Å². The summed E-state index contributed by atoms with van der Waals surface area (Å²) in [5, 5.41) is 11.7. The number of nitrogens with one attached hydrogen (secondary N) is 1. The number of rotatable bonds is 12. The summed E-state index contributed by atoms with van der Waals surface area (Å²) in [5.41, 5.74) is 1.22. The van der Waals surface area contributed by atoms with E-state index in [1.165, 1.54) is 7.11 Å². The van der Waals surface area contributed by atoms with Crippen molar-refractivity contribution in [2.24, 2.45) is 0 Å². The molecule has 0 radical (unpaired) electrons. The molecule has 0 aliphatic carbocycles. The number of para-hydroxylation sites is 1. The first-order chi connectivity index (χ1) is 15.1. The number of hydrogen-bond donors (Lipinski definition) is 3. The first kappa shape index (κ1) is 24.5. The van der Waals surface area contributed by atoms with Crippen molar-refractivity contribution in [3.05, 3.63) is 60.2 Å². The zero-order chi connectivity index (χ0) is 22.5. The number of hydrogen-bond acceptors (Lipinski definition) is 8. The number of carbonyl (C=O) groups excluding carboxylic acids is 2. The highest BCUT2D eigenvalue weighted by molar-refractivity contribution is 7.81. The van der Waals surface area contributed by atoms with Crippen molar-refractivity contribution in [3.8, 4) is 5.75 Å². The lowest BCUT2D eigenvalue weighted by Crippen LogP contribution is -2.29. The molecule has 2 N–H and O–H groups in total. The van der Waals surface area contributed by atoms with Crippen LogP contribution in [0, 0.1) is 0 Å². The van der Waals surface area contributed by atoms with E-state index in [1.54, 1.807) is 48.5 Å².